The first-order valence-electron chi connectivity index (χ1n) is 9.29. The molecule has 1 N–H and O–H groups in total. The van der Waals surface area contributed by atoms with Gasteiger partial charge in [-0.2, -0.15) is 0 Å². The average molecular weight is 489 g/mol. The summed E-state index contributed by atoms with van der Waals surface area (Å²) in [5, 5.41) is 2.46. The lowest BCUT2D eigenvalue weighted by atomic mass is 10.1. The highest BCUT2D eigenvalue weighted by Gasteiger charge is 2.35. The Balaban J connectivity index is 1.81. The van der Waals surface area contributed by atoms with E-state index in [1.807, 2.05) is 31.2 Å². The summed E-state index contributed by atoms with van der Waals surface area (Å²) >= 11 is 3.46. The van der Waals surface area contributed by atoms with Gasteiger partial charge in [-0.15, -0.1) is 0 Å². The second kappa shape index (κ2) is 9.65. The summed E-state index contributed by atoms with van der Waals surface area (Å²) < 4.78 is 16.5. The maximum absolute atomic E-state index is 12.5. The molecule has 1 saturated heterocycles. The van der Waals surface area contributed by atoms with Gasteiger partial charge in [0.25, 0.3) is 5.91 Å². The molecule has 2 aromatic carbocycles. The van der Waals surface area contributed by atoms with Gasteiger partial charge in [0.1, 0.15) is 18.8 Å². The number of carbonyl (C=O) groups is 3. The first-order valence-corrected chi connectivity index (χ1v) is 10.1. The van der Waals surface area contributed by atoms with Crippen LogP contribution in [0.1, 0.15) is 16.7 Å². The lowest BCUT2D eigenvalue weighted by molar-refractivity contribution is -0.143. The molecule has 2 aromatic rings. The quantitative estimate of drug-likeness (QED) is 0.364. The number of rotatable bonds is 7. The Bertz CT molecular complexity index is 1050. The molecule has 0 radical (unpaired) electrons. The van der Waals surface area contributed by atoms with Crippen LogP contribution in [0.25, 0.3) is 6.08 Å². The maximum Gasteiger partial charge on any atom is 0.329 e. The van der Waals surface area contributed by atoms with Crippen molar-refractivity contribution in [1.29, 1.82) is 0 Å². The minimum Gasteiger partial charge on any atom is -0.493 e. The van der Waals surface area contributed by atoms with Crippen LogP contribution in [-0.2, 0) is 20.9 Å². The lowest BCUT2D eigenvalue weighted by Crippen LogP contribution is -2.36. The molecule has 0 aliphatic carbocycles. The maximum atomic E-state index is 12.5. The highest BCUT2D eigenvalue weighted by atomic mass is 79.9. The Morgan fingerprint density at radius 3 is 2.48 bits per heavy atom. The van der Waals surface area contributed by atoms with Crippen LogP contribution < -0.4 is 14.8 Å². The smallest absolute Gasteiger partial charge is 0.329 e. The van der Waals surface area contributed by atoms with E-state index in [0.717, 1.165) is 10.5 Å². The molecular weight excluding hydrogens is 468 g/mol. The molecule has 1 aliphatic rings. The van der Waals surface area contributed by atoms with Gasteiger partial charge >= 0.3 is 12.0 Å². The molecule has 0 spiro atoms. The summed E-state index contributed by atoms with van der Waals surface area (Å²) in [5.74, 6) is -0.333. The van der Waals surface area contributed by atoms with Crippen molar-refractivity contribution in [3.63, 3.8) is 0 Å². The third kappa shape index (κ3) is 5.24. The molecule has 0 unspecified atom stereocenters. The van der Waals surface area contributed by atoms with Crippen LogP contribution in [-0.4, -0.2) is 43.6 Å². The monoisotopic (exact) mass is 488 g/mol. The third-order valence-corrected chi connectivity index (χ3v) is 5.26. The highest BCUT2D eigenvalue weighted by molar-refractivity contribution is 9.10. The molecule has 8 nitrogen and oxygen atoms in total. The van der Waals surface area contributed by atoms with E-state index in [1.54, 1.807) is 12.1 Å². The molecule has 0 bridgehead atoms. The molecule has 9 heteroatoms. The summed E-state index contributed by atoms with van der Waals surface area (Å²) in [4.78, 5) is 36.7. The number of methoxy groups -OCH3 is 2. The summed E-state index contributed by atoms with van der Waals surface area (Å²) in [7, 11) is 2.70. The molecule has 31 heavy (non-hydrogen) atoms. The van der Waals surface area contributed by atoms with Crippen LogP contribution in [0.5, 0.6) is 11.5 Å². The SMILES string of the molecule is COC(=O)CN1C(=O)N/C(=C/c2cc(OC)c(OCc3ccc(C)cc3)cc2Br)C1=O. The normalized spacial score (nSPS) is 14.6. The van der Waals surface area contributed by atoms with E-state index in [2.05, 4.69) is 26.0 Å². The van der Waals surface area contributed by atoms with E-state index in [4.69, 9.17) is 9.47 Å². The zero-order valence-electron chi connectivity index (χ0n) is 17.2. The zero-order valence-corrected chi connectivity index (χ0v) is 18.8. The number of carbonyl (C=O) groups excluding carboxylic acids is 3. The number of nitrogens with zero attached hydrogens (tertiary/aromatic N) is 1. The van der Waals surface area contributed by atoms with Crippen LogP contribution >= 0.6 is 15.9 Å². The van der Waals surface area contributed by atoms with E-state index in [0.29, 0.717) is 28.1 Å². The van der Waals surface area contributed by atoms with Crippen molar-refractivity contribution < 1.29 is 28.6 Å². The largest absolute Gasteiger partial charge is 0.493 e. The van der Waals surface area contributed by atoms with E-state index in [1.165, 1.54) is 25.9 Å². The number of nitrogens with one attached hydrogen (secondary N) is 1. The van der Waals surface area contributed by atoms with Gasteiger partial charge < -0.3 is 19.5 Å². The van der Waals surface area contributed by atoms with Gasteiger partial charge in [-0.05, 0) is 36.3 Å². The summed E-state index contributed by atoms with van der Waals surface area (Å²) in [6, 6.07) is 10.7. The second-order valence-corrected chi connectivity index (χ2v) is 7.61. The van der Waals surface area contributed by atoms with Crippen molar-refractivity contribution in [3.8, 4) is 11.5 Å². The van der Waals surface area contributed by atoms with E-state index >= 15 is 0 Å². The molecular formula is C22H21BrN2O6. The van der Waals surface area contributed by atoms with Gasteiger partial charge in [-0.1, -0.05) is 45.8 Å². The zero-order chi connectivity index (χ0) is 22.5. The first kappa shape index (κ1) is 22.4. The summed E-state index contributed by atoms with van der Waals surface area (Å²) in [5.41, 5.74) is 2.80. The van der Waals surface area contributed by atoms with Gasteiger partial charge in [0.15, 0.2) is 11.5 Å². The Morgan fingerprint density at radius 2 is 1.84 bits per heavy atom. The number of amides is 3. The molecule has 0 atom stereocenters. The lowest BCUT2D eigenvalue weighted by Gasteiger charge is -2.13. The Hall–Kier alpha value is -3.33. The fourth-order valence-electron chi connectivity index (χ4n) is 2.84. The number of aryl methyl sites for hydroxylation is 1. The number of benzene rings is 2. The van der Waals surface area contributed by atoms with Crippen molar-refractivity contribution in [1.82, 2.24) is 10.2 Å². The van der Waals surface area contributed by atoms with Gasteiger partial charge in [0.05, 0.1) is 14.2 Å². The minimum atomic E-state index is -0.692. The third-order valence-electron chi connectivity index (χ3n) is 4.57. The topological polar surface area (TPSA) is 94.2 Å². The molecule has 1 aliphatic heterocycles. The molecule has 3 rings (SSSR count). The van der Waals surface area contributed by atoms with E-state index in [-0.39, 0.29) is 5.70 Å². The van der Waals surface area contributed by atoms with Crippen LogP contribution in [0.3, 0.4) is 0 Å². The van der Waals surface area contributed by atoms with Crippen LogP contribution in [0.2, 0.25) is 0 Å². The number of hydrogen-bond acceptors (Lipinski definition) is 6. The number of hydrogen-bond donors (Lipinski definition) is 1. The first-order chi connectivity index (χ1) is 14.8. The predicted octanol–water partition coefficient (Wildman–Crippen LogP) is 3.41. The van der Waals surface area contributed by atoms with Crippen molar-refractivity contribution in [2.75, 3.05) is 20.8 Å². The average Bonchev–Trinajstić information content (AvgIpc) is 3.02. The fraction of sp³-hybridized carbons (Fsp3) is 0.227. The molecule has 3 amide bonds. The molecule has 0 saturated carbocycles. The Labute approximate surface area is 187 Å². The standard InChI is InChI=1S/C22H21BrN2O6/c1-13-4-6-14(7-5-13)12-31-19-10-16(23)15(9-18(19)29-2)8-17-21(27)25(22(28)24-17)11-20(26)30-3/h4-10H,11-12H2,1-3H3,(H,24,28)/b17-8+. The highest BCUT2D eigenvalue weighted by Crippen LogP contribution is 2.35. The number of urea groups is 1. The van der Waals surface area contributed by atoms with Gasteiger partial charge in [0, 0.05) is 4.47 Å². The van der Waals surface area contributed by atoms with Crippen molar-refractivity contribution in [2.45, 2.75) is 13.5 Å². The van der Waals surface area contributed by atoms with Crippen molar-refractivity contribution in [3.05, 3.63) is 63.3 Å². The van der Waals surface area contributed by atoms with Gasteiger partial charge in [-0.3, -0.25) is 9.59 Å². The van der Waals surface area contributed by atoms with Crippen LogP contribution in [0, 0.1) is 6.92 Å². The number of halogens is 1. The minimum absolute atomic E-state index is 0.0324. The van der Waals surface area contributed by atoms with Crippen molar-refractivity contribution in [2.24, 2.45) is 0 Å². The Morgan fingerprint density at radius 1 is 1.13 bits per heavy atom. The van der Waals surface area contributed by atoms with Crippen LogP contribution in [0.4, 0.5) is 4.79 Å². The van der Waals surface area contributed by atoms with E-state index < -0.39 is 24.5 Å². The predicted molar refractivity (Wildman–Crippen MR) is 116 cm³/mol. The molecule has 1 fully saturated rings. The van der Waals surface area contributed by atoms with Crippen LogP contribution in [0.15, 0.2) is 46.6 Å². The van der Waals surface area contributed by atoms with Crippen molar-refractivity contribution >= 4 is 39.9 Å². The number of ether oxygens (including phenoxy) is 3. The molecule has 0 aromatic heterocycles. The Kier molecular flexibility index (Phi) is 6.96. The fourth-order valence-corrected chi connectivity index (χ4v) is 3.28. The van der Waals surface area contributed by atoms with Gasteiger partial charge in [0.2, 0.25) is 0 Å². The number of imide groups is 1. The summed E-state index contributed by atoms with van der Waals surface area (Å²) in [6.45, 7) is 1.92. The summed E-state index contributed by atoms with van der Waals surface area (Å²) in [6.07, 6.45) is 1.49. The number of esters is 1. The van der Waals surface area contributed by atoms with Gasteiger partial charge in [-0.25, -0.2) is 9.69 Å². The van der Waals surface area contributed by atoms with E-state index in [9.17, 15) is 14.4 Å². The second-order valence-electron chi connectivity index (χ2n) is 6.75. The molecule has 162 valence electrons. The molecule has 1 heterocycles.